The van der Waals surface area contributed by atoms with Crippen LogP contribution in [-0.2, 0) is 57.6 Å². The predicted octanol–water partition coefficient (Wildman–Crippen LogP) is -0.628. The molecule has 1 fully saturated rings. The summed E-state index contributed by atoms with van der Waals surface area (Å²) in [7, 11) is 2.00. The van der Waals surface area contributed by atoms with Gasteiger partial charge in [0.05, 0.1) is 24.9 Å². The van der Waals surface area contributed by atoms with E-state index in [1.54, 1.807) is 66.9 Å². The summed E-state index contributed by atoms with van der Waals surface area (Å²) in [6.07, 6.45) is -0.381. The quantitative estimate of drug-likeness (QED) is 0.0436. The number of aromatic nitrogens is 1. The van der Waals surface area contributed by atoms with Crippen LogP contribution in [0.25, 0.3) is 10.9 Å². The van der Waals surface area contributed by atoms with Crippen molar-refractivity contribution in [3.05, 3.63) is 108 Å². The molecule has 400 valence electrons. The minimum absolute atomic E-state index is 0.0192. The van der Waals surface area contributed by atoms with Crippen molar-refractivity contribution in [3.63, 3.8) is 0 Å². The van der Waals surface area contributed by atoms with Crippen molar-refractivity contribution in [2.75, 3.05) is 24.7 Å². The fraction of sp³-hybridized carbons (Fsp3) is 0.451. The Morgan fingerprint density at radius 3 is 1.93 bits per heavy atom. The van der Waals surface area contributed by atoms with Gasteiger partial charge in [0.15, 0.2) is 0 Å². The molecule has 0 bridgehead atoms. The summed E-state index contributed by atoms with van der Waals surface area (Å²) in [4.78, 5) is 116. The second-order valence-electron chi connectivity index (χ2n) is 18.1. The average Bonchev–Trinajstić information content (AvgIpc) is 3.78. The van der Waals surface area contributed by atoms with E-state index in [0.29, 0.717) is 29.5 Å². The van der Waals surface area contributed by atoms with Crippen LogP contribution in [0.2, 0.25) is 0 Å². The highest BCUT2D eigenvalue weighted by Gasteiger charge is 2.37. The van der Waals surface area contributed by atoms with Crippen LogP contribution in [0.1, 0.15) is 56.7 Å². The molecule has 5 rings (SSSR count). The number of hydrogen-bond acceptors (Lipinski definition) is 14. The number of benzene rings is 3. The number of fused-ring (bicyclic) bond motifs is 1. The molecule has 23 heteroatoms. The Labute approximate surface area is 437 Å². The molecule has 1 aliphatic heterocycles. The number of hydrogen-bond donors (Lipinski definition) is 13. The molecule has 74 heavy (non-hydrogen) atoms. The van der Waals surface area contributed by atoms with Gasteiger partial charge in [-0.3, -0.25) is 38.4 Å². The van der Waals surface area contributed by atoms with Crippen molar-refractivity contribution < 1.29 is 53.7 Å². The average molecular weight is 1060 g/mol. The molecule has 8 amide bonds. The number of amides is 8. The number of nitrogens with two attached hydrogens (primary N) is 1. The van der Waals surface area contributed by atoms with Gasteiger partial charge in [0.1, 0.15) is 42.3 Å². The fourth-order valence-corrected chi connectivity index (χ4v) is 10.4. The van der Waals surface area contributed by atoms with Crippen LogP contribution < -0.4 is 48.3 Å². The van der Waals surface area contributed by atoms with E-state index in [4.69, 9.17) is 5.73 Å². The standard InChI is InChI=1S/C51H68N10O11S2/c1-29(63)41(26-62)58-50(71)43-28-74-73-27-42(59-46(67)38(54-31(3)65)22-32-14-6-4-7-15-32)49(70)56-39(23-33-16-8-5-9-17-33)47(68)57-40(24-34-25-53-36-19-11-10-18-35(34)36)48(69)55-37(20-12-13-21-52)45(66)61-44(30(2)64)51(72)60-43/h4-11,14-19,25,29-30,37-44,53,62-64H,12-13,20-24,26-28,52H2,1-3H3,(H,54,65)(H,55,69)(H,56,70)(H,57,68)(H,58,71)(H,59,67)(H,60,72)(H,61,66)/t29-,30-,37?,38-,39?,40-,41-,42+,43+,44?/m1/s1. The van der Waals surface area contributed by atoms with Crippen molar-refractivity contribution in [3.8, 4) is 0 Å². The van der Waals surface area contributed by atoms with Crippen molar-refractivity contribution in [1.82, 2.24) is 47.5 Å². The number of unbranched alkanes of at least 4 members (excludes halogenated alkanes) is 1. The molecule has 0 radical (unpaired) electrons. The number of carbonyl (C=O) groups excluding carboxylic acids is 8. The number of carbonyl (C=O) groups is 8. The molecular weight excluding hydrogens is 993 g/mol. The molecule has 10 atom stereocenters. The Morgan fingerprint density at radius 2 is 1.30 bits per heavy atom. The van der Waals surface area contributed by atoms with Crippen LogP contribution >= 0.6 is 21.6 Å². The first kappa shape index (κ1) is 58.4. The van der Waals surface area contributed by atoms with Crippen molar-refractivity contribution in [2.45, 2.75) is 120 Å². The molecule has 14 N–H and O–H groups in total. The SMILES string of the molecule is CC(=O)N[C@H](Cc1ccccc1)C(=O)N[C@H]1CSSC[C@@H](C(=O)N[C@H](CO)[C@@H](C)O)NC(=O)C([C@@H](C)O)NC(=O)C(CCCCN)NC(=O)[C@@H](Cc2c[nH]c3ccccc23)NC(=O)C(Cc2ccccc2)NC1=O. The third-order valence-corrected chi connectivity index (χ3v) is 14.6. The second-order valence-corrected chi connectivity index (χ2v) is 20.7. The van der Waals surface area contributed by atoms with Gasteiger partial charge in [-0.05, 0) is 62.4 Å². The van der Waals surface area contributed by atoms with Crippen LogP contribution in [0.5, 0.6) is 0 Å². The monoisotopic (exact) mass is 1060 g/mol. The molecular formula is C51H68N10O11S2. The van der Waals surface area contributed by atoms with E-state index in [1.165, 1.54) is 20.8 Å². The molecule has 3 unspecified atom stereocenters. The number of para-hydroxylation sites is 1. The summed E-state index contributed by atoms with van der Waals surface area (Å²) < 4.78 is 0. The van der Waals surface area contributed by atoms with Crippen LogP contribution in [-0.4, -0.2) is 153 Å². The lowest BCUT2D eigenvalue weighted by Crippen LogP contribution is -2.62. The topological polar surface area (TPSA) is 335 Å². The predicted molar refractivity (Wildman–Crippen MR) is 282 cm³/mol. The zero-order valence-electron chi connectivity index (χ0n) is 41.5. The van der Waals surface area contributed by atoms with Gasteiger partial charge in [0.2, 0.25) is 47.3 Å². The third-order valence-electron chi connectivity index (χ3n) is 12.2. The second kappa shape index (κ2) is 29.4. The minimum atomic E-state index is -1.68. The highest BCUT2D eigenvalue weighted by Crippen LogP contribution is 2.24. The molecule has 21 nitrogen and oxygen atoms in total. The molecule has 1 aliphatic rings. The summed E-state index contributed by atoms with van der Waals surface area (Å²) in [5.41, 5.74) is 8.52. The van der Waals surface area contributed by atoms with E-state index < -0.39 is 114 Å². The van der Waals surface area contributed by atoms with Gasteiger partial charge in [-0.15, -0.1) is 0 Å². The largest absolute Gasteiger partial charge is 0.394 e. The number of nitrogens with one attached hydrogen (secondary N) is 9. The molecule has 0 aliphatic carbocycles. The van der Waals surface area contributed by atoms with E-state index in [1.807, 2.05) is 24.3 Å². The molecule has 1 saturated heterocycles. The Balaban J connectivity index is 1.59. The zero-order valence-corrected chi connectivity index (χ0v) is 43.1. The first-order chi connectivity index (χ1) is 35.5. The Hall–Kier alpha value is -6.50. The fourth-order valence-electron chi connectivity index (χ4n) is 8.06. The van der Waals surface area contributed by atoms with Gasteiger partial charge in [0, 0.05) is 54.8 Å². The van der Waals surface area contributed by atoms with Crippen LogP contribution in [0.15, 0.2) is 91.1 Å². The first-order valence-electron chi connectivity index (χ1n) is 24.4. The maximum atomic E-state index is 14.8. The first-order valence-corrected chi connectivity index (χ1v) is 26.9. The number of aliphatic hydroxyl groups excluding tert-OH is 3. The molecule has 4 aromatic rings. The van der Waals surface area contributed by atoms with Gasteiger partial charge in [0.25, 0.3) is 0 Å². The summed E-state index contributed by atoms with van der Waals surface area (Å²) in [5.74, 6) is -6.82. The maximum absolute atomic E-state index is 14.8. The molecule has 2 heterocycles. The smallest absolute Gasteiger partial charge is 0.245 e. The van der Waals surface area contributed by atoms with E-state index >= 15 is 0 Å². The van der Waals surface area contributed by atoms with E-state index in [0.717, 1.165) is 32.5 Å². The van der Waals surface area contributed by atoms with Gasteiger partial charge in [-0.1, -0.05) is 100 Å². The Morgan fingerprint density at radius 1 is 0.703 bits per heavy atom. The zero-order chi connectivity index (χ0) is 53.7. The highest BCUT2D eigenvalue weighted by atomic mass is 33.1. The Kier molecular flexibility index (Phi) is 23.2. The van der Waals surface area contributed by atoms with E-state index in [9.17, 15) is 53.7 Å². The van der Waals surface area contributed by atoms with Crippen molar-refractivity contribution >= 4 is 79.7 Å². The minimum Gasteiger partial charge on any atom is -0.394 e. The molecule has 0 saturated carbocycles. The lowest BCUT2D eigenvalue weighted by atomic mass is 10.0. The van der Waals surface area contributed by atoms with Crippen LogP contribution in [0.4, 0.5) is 0 Å². The van der Waals surface area contributed by atoms with Gasteiger partial charge < -0.3 is 68.6 Å². The summed E-state index contributed by atoms with van der Waals surface area (Å²) in [6.45, 7) is 3.43. The number of aliphatic hydroxyl groups is 3. The van der Waals surface area contributed by atoms with Gasteiger partial charge in [-0.2, -0.15) is 0 Å². The lowest BCUT2D eigenvalue weighted by Gasteiger charge is -2.29. The molecule has 3 aromatic carbocycles. The van der Waals surface area contributed by atoms with E-state index in [-0.39, 0.29) is 43.7 Å². The molecule has 0 spiro atoms. The van der Waals surface area contributed by atoms with Crippen LogP contribution in [0.3, 0.4) is 0 Å². The summed E-state index contributed by atoms with van der Waals surface area (Å²) in [6, 6.07) is 14.1. The number of aromatic amines is 1. The van der Waals surface area contributed by atoms with E-state index in [2.05, 4.69) is 47.5 Å². The number of rotatable bonds is 18. The molecule has 1 aromatic heterocycles. The summed E-state index contributed by atoms with van der Waals surface area (Å²) in [5, 5.41) is 53.2. The summed E-state index contributed by atoms with van der Waals surface area (Å²) >= 11 is 0. The lowest BCUT2D eigenvalue weighted by molar-refractivity contribution is -0.136. The maximum Gasteiger partial charge on any atom is 0.245 e. The number of H-pyrrole nitrogens is 1. The normalized spacial score (nSPS) is 22.3. The van der Waals surface area contributed by atoms with Crippen molar-refractivity contribution in [1.29, 1.82) is 0 Å². The Bertz CT molecular complexity index is 2520. The van der Waals surface area contributed by atoms with Gasteiger partial charge in [-0.25, -0.2) is 0 Å². The highest BCUT2D eigenvalue weighted by molar-refractivity contribution is 8.76. The van der Waals surface area contributed by atoms with Crippen LogP contribution in [0, 0.1) is 0 Å². The van der Waals surface area contributed by atoms with Gasteiger partial charge >= 0.3 is 0 Å². The van der Waals surface area contributed by atoms with Crippen molar-refractivity contribution in [2.24, 2.45) is 5.73 Å². The third kappa shape index (κ3) is 17.9.